The van der Waals surface area contributed by atoms with E-state index in [0.29, 0.717) is 45.0 Å². The Morgan fingerprint density at radius 1 is 0.931 bits per heavy atom. The molecular weight excluding hydrogens is 367 g/mol. The average Bonchev–Trinajstić information content (AvgIpc) is 2.68. The first-order chi connectivity index (χ1) is 13.8. The zero-order chi connectivity index (χ0) is 20.7. The molecule has 4 nitrogen and oxygen atoms in total. The molecule has 0 atom stereocenters. The van der Waals surface area contributed by atoms with Crippen molar-refractivity contribution in [2.24, 2.45) is 0 Å². The molecule has 0 aliphatic heterocycles. The molecule has 1 aromatic heterocycles. The van der Waals surface area contributed by atoms with Gasteiger partial charge in [-0.25, -0.2) is 4.39 Å². The lowest BCUT2D eigenvalue weighted by molar-refractivity contribution is 0.470. The van der Waals surface area contributed by atoms with Gasteiger partial charge in [-0.2, -0.15) is 0 Å². The van der Waals surface area contributed by atoms with Crippen LogP contribution in [-0.4, -0.2) is 4.57 Å². The van der Waals surface area contributed by atoms with Gasteiger partial charge in [0.15, 0.2) is 11.2 Å². The number of aryl methyl sites for hydroxylation is 3. The normalized spacial score (nSPS) is 11.0. The Hall–Kier alpha value is -3.60. The summed E-state index contributed by atoms with van der Waals surface area (Å²) in [5, 5.41) is 0.620. The van der Waals surface area contributed by atoms with Crippen molar-refractivity contribution < 1.29 is 9.13 Å². The topological polar surface area (TPSA) is 57.2 Å². The van der Waals surface area contributed by atoms with Crippen molar-refractivity contribution in [2.75, 3.05) is 5.73 Å². The first-order valence-electron chi connectivity index (χ1n) is 9.30. The number of nitrogens with two attached hydrogens (primary N) is 1. The zero-order valence-corrected chi connectivity index (χ0v) is 16.5. The van der Waals surface area contributed by atoms with Crippen LogP contribution in [-0.2, 0) is 0 Å². The smallest absolute Gasteiger partial charge is 0.192 e. The molecule has 0 saturated heterocycles. The summed E-state index contributed by atoms with van der Waals surface area (Å²) >= 11 is 0. The van der Waals surface area contributed by atoms with Crippen molar-refractivity contribution in [2.45, 2.75) is 20.8 Å². The molecular formula is C24H21FN2O2. The van der Waals surface area contributed by atoms with Gasteiger partial charge >= 0.3 is 0 Å². The lowest BCUT2D eigenvalue weighted by Gasteiger charge is -2.19. The van der Waals surface area contributed by atoms with Gasteiger partial charge in [-0.1, -0.05) is 12.1 Å². The number of hydrogen-bond acceptors (Lipinski definition) is 3. The highest BCUT2D eigenvalue weighted by atomic mass is 19.1. The van der Waals surface area contributed by atoms with Crippen molar-refractivity contribution in [3.05, 3.63) is 93.5 Å². The molecule has 0 spiro atoms. The third kappa shape index (κ3) is 3.36. The van der Waals surface area contributed by atoms with E-state index in [9.17, 15) is 9.18 Å². The number of benzene rings is 3. The zero-order valence-electron chi connectivity index (χ0n) is 16.5. The minimum atomic E-state index is -0.299. The van der Waals surface area contributed by atoms with Gasteiger partial charge in [0.1, 0.15) is 11.6 Å². The molecule has 3 aromatic carbocycles. The van der Waals surface area contributed by atoms with E-state index >= 15 is 0 Å². The maximum absolute atomic E-state index is 13.7. The van der Waals surface area contributed by atoms with Crippen molar-refractivity contribution in [1.29, 1.82) is 0 Å². The Bertz CT molecular complexity index is 1290. The summed E-state index contributed by atoms with van der Waals surface area (Å²) in [6, 6.07) is 15.7. The van der Waals surface area contributed by atoms with E-state index < -0.39 is 0 Å². The number of halogens is 1. The first kappa shape index (κ1) is 18.7. The molecule has 0 aliphatic rings. The van der Waals surface area contributed by atoms with Gasteiger partial charge in [0.25, 0.3) is 0 Å². The molecule has 0 fully saturated rings. The molecule has 0 amide bonds. The van der Waals surface area contributed by atoms with Gasteiger partial charge in [0.2, 0.25) is 0 Å². The Labute approximate surface area is 168 Å². The molecule has 0 aliphatic carbocycles. The van der Waals surface area contributed by atoms with Crippen LogP contribution in [0.3, 0.4) is 0 Å². The number of para-hydroxylation sites is 1. The highest BCUT2D eigenvalue weighted by molar-refractivity contribution is 5.82. The van der Waals surface area contributed by atoms with E-state index in [2.05, 4.69) is 0 Å². The third-order valence-electron chi connectivity index (χ3n) is 4.97. The molecule has 0 unspecified atom stereocenters. The van der Waals surface area contributed by atoms with Crippen LogP contribution >= 0.6 is 0 Å². The molecule has 4 rings (SSSR count). The van der Waals surface area contributed by atoms with Crippen LogP contribution in [0.25, 0.3) is 16.6 Å². The van der Waals surface area contributed by atoms with Gasteiger partial charge in [-0.3, -0.25) is 4.79 Å². The minimum absolute atomic E-state index is 0.00607. The van der Waals surface area contributed by atoms with Crippen LogP contribution in [0.2, 0.25) is 0 Å². The summed E-state index contributed by atoms with van der Waals surface area (Å²) in [4.78, 5) is 12.6. The molecule has 146 valence electrons. The highest BCUT2D eigenvalue weighted by Gasteiger charge is 2.15. The molecule has 0 saturated carbocycles. The fraction of sp³-hybridized carbons (Fsp3) is 0.125. The number of pyridine rings is 1. The van der Waals surface area contributed by atoms with E-state index in [1.54, 1.807) is 45.2 Å². The summed E-state index contributed by atoms with van der Waals surface area (Å²) < 4.78 is 21.8. The molecule has 0 bridgehead atoms. The molecule has 0 radical (unpaired) electrons. The van der Waals surface area contributed by atoms with E-state index in [4.69, 9.17) is 10.5 Å². The molecule has 4 aromatic rings. The highest BCUT2D eigenvalue weighted by Crippen LogP contribution is 2.35. The monoisotopic (exact) mass is 388 g/mol. The van der Waals surface area contributed by atoms with Crippen LogP contribution in [0, 0.1) is 26.6 Å². The largest absolute Gasteiger partial charge is 0.455 e. The molecule has 1 heterocycles. The number of nitrogens with zero attached hydrogens (tertiary/aromatic N) is 1. The summed E-state index contributed by atoms with van der Waals surface area (Å²) in [7, 11) is 0. The van der Waals surface area contributed by atoms with E-state index in [-0.39, 0.29) is 11.2 Å². The predicted molar refractivity (Wildman–Crippen MR) is 115 cm³/mol. The van der Waals surface area contributed by atoms with Crippen molar-refractivity contribution in [3.63, 3.8) is 0 Å². The van der Waals surface area contributed by atoms with Gasteiger partial charge in [-0.05, 0) is 74.4 Å². The summed E-state index contributed by atoms with van der Waals surface area (Å²) in [5.41, 5.74) is 10.1. The van der Waals surface area contributed by atoms with E-state index in [1.165, 1.54) is 12.1 Å². The minimum Gasteiger partial charge on any atom is -0.455 e. The van der Waals surface area contributed by atoms with Crippen LogP contribution in [0.15, 0.2) is 65.6 Å². The summed E-state index contributed by atoms with van der Waals surface area (Å²) in [6.07, 6.45) is 1.79. The first-order valence-corrected chi connectivity index (χ1v) is 9.30. The summed E-state index contributed by atoms with van der Waals surface area (Å²) in [6.45, 7) is 5.40. The van der Waals surface area contributed by atoms with E-state index in [0.717, 1.165) is 5.52 Å². The third-order valence-corrected chi connectivity index (χ3v) is 4.97. The number of ether oxygens (including phenoxy) is 1. The van der Waals surface area contributed by atoms with Crippen molar-refractivity contribution in [1.82, 2.24) is 4.57 Å². The Morgan fingerprint density at radius 3 is 2.34 bits per heavy atom. The quantitative estimate of drug-likeness (QED) is 0.476. The number of aromatic nitrogens is 1. The lowest BCUT2D eigenvalue weighted by atomic mass is 10.1. The second-order valence-corrected chi connectivity index (χ2v) is 7.23. The van der Waals surface area contributed by atoms with Crippen molar-refractivity contribution >= 4 is 16.6 Å². The van der Waals surface area contributed by atoms with Crippen LogP contribution in [0.4, 0.5) is 10.1 Å². The fourth-order valence-corrected chi connectivity index (χ4v) is 3.59. The average molecular weight is 388 g/mol. The Morgan fingerprint density at radius 2 is 1.62 bits per heavy atom. The number of rotatable bonds is 3. The van der Waals surface area contributed by atoms with E-state index in [1.807, 2.05) is 28.8 Å². The SMILES string of the molecule is Cc1cc(F)cc(C)c1Oc1ccc(N)cc1-n1cc(C)c(=O)c2ccccc21. The van der Waals surface area contributed by atoms with Crippen LogP contribution < -0.4 is 15.9 Å². The standard InChI is InChI=1S/C24H21FN2O2/c1-14-10-17(25)11-15(2)24(14)29-22-9-8-18(26)12-21(22)27-13-16(3)23(28)19-6-4-5-7-20(19)27/h4-13H,26H2,1-3H3. The Kier molecular flexibility index (Phi) is 4.59. The van der Waals surface area contributed by atoms with Crippen LogP contribution in [0.1, 0.15) is 16.7 Å². The number of fused-ring (bicyclic) bond motifs is 1. The molecule has 2 N–H and O–H groups in total. The molecule has 29 heavy (non-hydrogen) atoms. The van der Waals surface area contributed by atoms with Gasteiger partial charge < -0.3 is 15.0 Å². The van der Waals surface area contributed by atoms with Gasteiger partial charge in [-0.15, -0.1) is 0 Å². The lowest BCUT2D eigenvalue weighted by Crippen LogP contribution is -2.12. The van der Waals surface area contributed by atoms with Crippen LogP contribution in [0.5, 0.6) is 11.5 Å². The summed E-state index contributed by atoms with van der Waals surface area (Å²) in [5.74, 6) is 0.858. The number of nitrogen functional groups attached to an aromatic ring is 1. The molecule has 5 heteroatoms. The predicted octanol–water partition coefficient (Wildman–Crippen LogP) is 5.43. The Balaban J connectivity index is 1.96. The second-order valence-electron chi connectivity index (χ2n) is 7.23. The maximum Gasteiger partial charge on any atom is 0.192 e. The van der Waals surface area contributed by atoms with Gasteiger partial charge in [0.05, 0.1) is 11.2 Å². The fourth-order valence-electron chi connectivity index (χ4n) is 3.59. The van der Waals surface area contributed by atoms with Crippen molar-refractivity contribution in [3.8, 4) is 17.2 Å². The number of hydrogen-bond donors (Lipinski definition) is 1. The second kappa shape index (κ2) is 7.09. The maximum atomic E-state index is 13.7. The number of anilines is 1. The van der Waals surface area contributed by atoms with Gasteiger partial charge in [0, 0.05) is 22.8 Å².